The second kappa shape index (κ2) is 12.0. The lowest BCUT2D eigenvalue weighted by molar-refractivity contribution is -0.142. The van der Waals surface area contributed by atoms with Crippen molar-refractivity contribution in [2.45, 2.75) is 83.8 Å². The van der Waals surface area contributed by atoms with Crippen LogP contribution in [0.1, 0.15) is 70.9 Å². The molecule has 1 N–H and O–H groups in total. The van der Waals surface area contributed by atoms with Crippen LogP contribution in [0.25, 0.3) is 0 Å². The van der Waals surface area contributed by atoms with E-state index < -0.39 is 11.9 Å². The fraction of sp³-hybridized carbons (Fsp3) is 0.500. The van der Waals surface area contributed by atoms with E-state index in [-0.39, 0.29) is 36.4 Å². The minimum Gasteiger partial charge on any atom is -0.483 e. The van der Waals surface area contributed by atoms with Crippen LogP contribution in [0, 0.1) is 5.82 Å². The molecule has 0 aromatic heterocycles. The average Bonchev–Trinajstić information content (AvgIpc) is 2.82. The standard InChI is InChI=1S/C28H36BrFN2O3/c1-19(27(34)31-22-11-6-5-7-12-22)32(17-20-10-8-9-13-24(20)30)26(33)18-35-25-15-14-21(16-23(25)29)28(2,3)4/h8-10,13-16,19,22H,5-7,11-12,17-18H2,1-4H3,(H,31,34)/t19-/m1/s1. The molecule has 2 aromatic rings. The van der Waals surface area contributed by atoms with E-state index in [0.717, 1.165) is 35.7 Å². The van der Waals surface area contributed by atoms with Crippen molar-refractivity contribution in [1.29, 1.82) is 0 Å². The Morgan fingerprint density at radius 2 is 1.83 bits per heavy atom. The zero-order valence-corrected chi connectivity index (χ0v) is 22.7. The van der Waals surface area contributed by atoms with Crippen molar-refractivity contribution in [3.8, 4) is 5.75 Å². The first-order valence-electron chi connectivity index (χ1n) is 12.3. The molecule has 0 heterocycles. The van der Waals surface area contributed by atoms with Gasteiger partial charge in [0.2, 0.25) is 5.91 Å². The van der Waals surface area contributed by atoms with Crippen LogP contribution in [-0.4, -0.2) is 35.4 Å². The molecule has 5 nitrogen and oxygen atoms in total. The third kappa shape index (κ3) is 7.53. The molecule has 1 saturated carbocycles. The van der Waals surface area contributed by atoms with E-state index in [9.17, 15) is 14.0 Å². The molecule has 1 aliphatic rings. The molecule has 3 rings (SSSR count). The molecule has 190 valence electrons. The van der Waals surface area contributed by atoms with Crippen LogP contribution in [0.4, 0.5) is 4.39 Å². The van der Waals surface area contributed by atoms with E-state index in [1.54, 1.807) is 25.1 Å². The van der Waals surface area contributed by atoms with Crippen LogP contribution in [0.2, 0.25) is 0 Å². The van der Waals surface area contributed by atoms with Crippen LogP contribution >= 0.6 is 15.9 Å². The second-order valence-electron chi connectivity index (χ2n) is 10.3. The predicted octanol–water partition coefficient (Wildman–Crippen LogP) is 6.13. The van der Waals surface area contributed by atoms with E-state index in [4.69, 9.17) is 4.74 Å². The lowest BCUT2D eigenvalue weighted by Gasteiger charge is -2.31. The van der Waals surface area contributed by atoms with Crippen molar-refractivity contribution >= 4 is 27.7 Å². The maximum absolute atomic E-state index is 14.4. The predicted molar refractivity (Wildman–Crippen MR) is 140 cm³/mol. The first-order chi connectivity index (χ1) is 16.6. The highest BCUT2D eigenvalue weighted by atomic mass is 79.9. The van der Waals surface area contributed by atoms with E-state index >= 15 is 0 Å². The number of nitrogens with one attached hydrogen (secondary N) is 1. The third-order valence-electron chi connectivity index (χ3n) is 6.57. The highest BCUT2D eigenvalue weighted by molar-refractivity contribution is 9.10. The van der Waals surface area contributed by atoms with Gasteiger partial charge in [0.25, 0.3) is 5.91 Å². The van der Waals surface area contributed by atoms with Crippen LogP contribution in [-0.2, 0) is 21.5 Å². The van der Waals surface area contributed by atoms with Gasteiger partial charge >= 0.3 is 0 Å². The first kappa shape index (κ1) is 27.2. The Morgan fingerprint density at radius 3 is 2.46 bits per heavy atom. The SMILES string of the molecule is C[C@H](C(=O)NC1CCCCC1)N(Cc1ccccc1F)C(=O)COc1ccc(C(C)(C)C)cc1Br. The van der Waals surface area contributed by atoms with E-state index in [2.05, 4.69) is 42.0 Å². The number of carbonyl (C=O) groups is 2. The first-order valence-corrected chi connectivity index (χ1v) is 13.1. The Hall–Kier alpha value is -2.41. The molecule has 2 aromatic carbocycles. The van der Waals surface area contributed by atoms with Gasteiger partial charge < -0.3 is 15.0 Å². The maximum atomic E-state index is 14.4. The Morgan fingerprint density at radius 1 is 1.14 bits per heavy atom. The summed E-state index contributed by atoms with van der Waals surface area (Å²) in [7, 11) is 0. The molecule has 35 heavy (non-hydrogen) atoms. The summed E-state index contributed by atoms with van der Waals surface area (Å²) in [5, 5.41) is 3.08. The fourth-order valence-corrected chi connectivity index (χ4v) is 4.76. The number of halogens is 2. The number of rotatable bonds is 8. The summed E-state index contributed by atoms with van der Waals surface area (Å²) in [6.45, 7) is 7.78. The lowest BCUT2D eigenvalue weighted by atomic mass is 9.87. The van der Waals surface area contributed by atoms with E-state index in [0.29, 0.717) is 11.3 Å². The van der Waals surface area contributed by atoms with Gasteiger partial charge in [-0.25, -0.2) is 4.39 Å². The molecule has 1 atom stereocenters. The van der Waals surface area contributed by atoms with Gasteiger partial charge in [-0.3, -0.25) is 9.59 Å². The third-order valence-corrected chi connectivity index (χ3v) is 7.19. The molecule has 7 heteroatoms. The zero-order valence-electron chi connectivity index (χ0n) is 21.1. The molecular formula is C28H36BrFN2O3. The molecule has 1 fully saturated rings. The number of hydrogen-bond acceptors (Lipinski definition) is 3. The number of hydrogen-bond donors (Lipinski definition) is 1. The molecule has 0 bridgehead atoms. The zero-order chi connectivity index (χ0) is 25.6. The second-order valence-corrected chi connectivity index (χ2v) is 11.2. The van der Waals surface area contributed by atoms with Crippen molar-refractivity contribution in [3.63, 3.8) is 0 Å². The number of nitrogens with zero attached hydrogens (tertiary/aromatic N) is 1. The van der Waals surface area contributed by atoms with Gasteiger partial charge in [-0.05, 0) is 64.9 Å². The summed E-state index contributed by atoms with van der Waals surface area (Å²) in [5.41, 5.74) is 1.47. The molecule has 1 aliphatic carbocycles. The van der Waals surface area contributed by atoms with Gasteiger partial charge in [-0.1, -0.05) is 64.3 Å². The normalized spacial score (nSPS) is 15.4. The van der Waals surface area contributed by atoms with Crippen molar-refractivity contribution < 1.29 is 18.7 Å². The molecule has 0 saturated heterocycles. The molecule has 2 amide bonds. The summed E-state index contributed by atoms with van der Waals surface area (Å²) in [6, 6.07) is 11.5. The number of amides is 2. The number of carbonyl (C=O) groups excluding carboxylic acids is 2. The molecule has 0 radical (unpaired) electrons. The Labute approximate surface area is 216 Å². The molecule has 0 aliphatic heterocycles. The van der Waals surface area contributed by atoms with Gasteiger partial charge in [0, 0.05) is 18.2 Å². The summed E-state index contributed by atoms with van der Waals surface area (Å²) in [5.74, 6) is -0.480. The Kier molecular flexibility index (Phi) is 9.34. The van der Waals surface area contributed by atoms with Crippen LogP contribution in [0.15, 0.2) is 46.9 Å². The average molecular weight is 548 g/mol. The van der Waals surface area contributed by atoms with Gasteiger partial charge in [0.05, 0.1) is 4.47 Å². The highest BCUT2D eigenvalue weighted by Gasteiger charge is 2.29. The number of ether oxygens (including phenoxy) is 1. The highest BCUT2D eigenvalue weighted by Crippen LogP contribution is 2.31. The Balaban J connectivity index is 1.74. The summed E-state index contributed by atoms with van der Waals surface area (Å²) in [4.78, 5) is 27.7. The summed E-state index contributed by atoms with van der Waals surface area (Å²) >= 11 is 3.53. The van der Waals surface area contributed by atoms with Crippen LogP contribution < -0.4 is 10.1 Å². The quantitative estimate of drug-likeness (QED) is 0.433. The van der Waals surface area contributed by atoms with Gasteiger partial charge in [-0.2, -0.15) is 0 Å². The maximum Gasteiger partial charge on any atom is 0.261 e. The molecule has 0 spiro atoms. The Bertz CT molecular complexity index is 1030. The minimum atomic E-state index is -0.765. The largest absolute Gasteiger partial charge is 0.483 e. The van der Waals surface area contributed by atoms with Crippen LogP contribution in [0.3, 0.4) is 0 Å². The van der Waals surface area contributed by atoms with Crippen molar-refractivity contribution in [1.82, 2.24) is 10.2 Å². The van der Waals surface area contributed by atoms with Crippen molar-refractivity contribution in [2.75, 3.05) is 6.61 Å². The summed E-state index contributed by atoms with van der Waals surface area (Å²) in [6.07, 6.45) is 5.26. The molecule has 0 unspecified atom stereocenters. The van der Waals surface area contributed by atoms with Gasteiger partial charge in [0.1, 0.15) is 17.6 Å². The molecular weight excluding hydrogens is 511 g/mol. The van der Waals surface area contributed by atoms with E-state index in [1.807, 2.05) is 18.2 Å². The number of benzene rings is 2. The summed E-state index contributed by atoms with van der Waals surface area (Å²) < 4.78 is 21.0. The fourth-order valence-electron chi connectivity index (χ4n) is 4.27. The monoisotopic (exact) mass is 546 g/mol. The van der Waals surface area contributed by atoms with Crippen LogP contribution in [0.5, 0.6) is 5.75 Å². The van der Waals surface area contributed by atoms with Crippen molar-refractivity contribution in [2.24, 2.45) is 0 Å². The van der Waals surface area contributed by atoms with Gasteiger partial charge in [0.15, 0.2) is 6.61 Å². The van der Waals surface area contributed by atoms with E-state index in [1.165, 1.54) is 17.4 Å². The van der Waals surface area contributed by atoms with Gasteiger partial charge in [-0.15, -0.1) is 0 Å². The lowest BCUT2D eigenvalue weighted by Crippen LogP contribution is -2.51. The van der Waals surface area contributed by atoms with Crippen molar-refractivity contribution in [3.05, 3.63) is 63.9 Å². The smallest absolute Gasteiger partial charge is 0.261 e. The minimum absolute atomic E-state index is 0.0156. The topological polar surface area (TPSA) is 58.6 Å².